The van der Waals surface area contributed by atoms with Crippen LogP contribution in [0.15, 0.2) is 17.1 Å². The second-order valence-electron chi connectivity index (χ2n) is 3.84. The van der Waals surface area contributed by atoms with E-state index in [1.54, 1.807) is 0 Å². The van der Waals surface area contributed by atoms with E-state index in [0.29, 0.717) is 0 Å². The van der Waals surface area contributed by atoms with Crippen LogP contribution in [-0.4, -0.2) is 33.3 Å². The van der Waals surface area contributed by atoms with E-state index >= 15 is 0 Å². The molecule has 1 saturated heterocycles. The molecule has 100 valence electrons. The molecule has 9 heteroatoms. The fourth-order valence-corrected chi connectivity index (χ4v) is 2.06. The molecule has 4 unspecified atom stereocenters. The van der Waals surface area contributed by atoms with E-state index in [2.05, 4.69) is 4.98 Å². The van der Waals surface area contributed by atoms with Gasteiger partial charge in [0.05, 0.1) is 12.7 Å². The summed E-state index contributed by atoms with van der Waals surface area (Å²) in [6, 6.07) is 1.40. The first kappa shape index (κ1) is 13.4. The third-order valence-corrected chi connectivity index (χ3v) is 2.88. The minimum Gasteiger partial charge on any atom is -0.383 e. The maximum absolute atomic E-state index is 13.8. The molecule has 0 saturated carbocycles. The lowest BCUT2D eigenvalue weighted by molar-refractivity contribution is -0.0348. The Hall–Kier alpha value is -1.08. The Morgan fingerprint density at radius 2 is 2.56 bits per heavy atom. The fourth-order valence-electron chi connectivity index (χ4n) is 1.80. The average molecular weight is 277 g/mol. The van der Waals surface area contributed by atoms with Crippen molar-refractivity contribution in [3.05, 3.63) is 22.7 Å². The number of nitrogens with two attached hydrogens (primary N) is 1. The van der Waals surface area contributed by atoms with Gasteiger partial charge in [-0.1, -0.05) is 0 Å². The van der Waals surface area contributed by atoms with Crippen molar-refractivity contribution in [3.63, 3.8) is 0 Å². The predicted octanol–water partition coefficient (Wildman–Crippen LogP) is -0.0315. The van der Waals surface area contributed by atoms with Gasteiger partial charge < -0.3 is 19.9 Å². The Morgan fingerprint density at radius 3 is 3.22 bits per heavy atom. The normalized spacial score (nSPS) is 28.2. The van der Waals surface area contributed by atoms with Crippen molar-refractivity contribution in [2.24, 2.45) is 0 Å². The standard InChI is InChI=1S/C9H13FN3O4P/c10-6-3-5(4-16-18-15)17-8(6)13-2-1-7(11)12-9(13)14/h1-2,5-6,8,15,18H,3-4H2,(H2,11,12,14). The molecule has 0 aliphatic carbocycles. The number of halogens is 1. The molecule has 0 radical (unpaired) electrons. The lowest BCUT2D eigenvalue weighted by atomic mass is 10.2. The Balaban J connectivity index is 2.11. The molecule has 7 nitrogen and oxygen atoms in total. The maximum Gasteiger partial charge on any atom is 0.351 e. The monoisotopic (exact) mass is 277 g/mol. The molecule has 18 heavy (non-hydrogen) atoms. The van der Waals surface area contributed by atoms with Crippen LogP contribution in [0.2, 0.25) is 0 Å². The molecule has 2 heterocycles. The van der Waals surface area contributed by atoms with Gasteiger partial charge in [0.1, 0.15) is 12.0 Å². The Morgan fingerprint density at radius 1 is 1.78 bits per heavy atom. The highest BCUT2D eigenvalue weighted by Gasteiger charge is 2.37. The number of nitrogens with zero attached hydrogens (tertiary/aromatic N) is 2. The number of nitrogen functional groups attached to an aromatic ring is 1. The SMILES string of the molecule is Nc1ccn(C2OC(COPO)CC2F)c(=O)n1. The van der Waals surface area contributed by atoms with E-state index < -0.39 is 33.2 Å². The molecule has 0 aromatic carbocycles. The van der Waals surface area contributed by atoms with Crippen molar-refractivity contribution in [3.8, 4) is 0 Å². The van der Waals surface area contributed by atoms with Crippen molar-refractivity contribution in [1.82, 2.24) is 9.55 Å². The van der Waals surface area contributed by atoms with E-state index in [4.69, 9.17) is 19.9 Å². The number of hydrogen-bond acceptors (Lipinski definition) is 6. The fraction of sp³-hybridized carbons (Fsp3) is 0.556. The zero-order valence-electron chi connectivity index (χ0n) is 9.32. The van der Waals surface area contributed by atoms with Gasteiger partial charge in [-0.3, -0.25) is 4.57 Å². The second-order valence-corrected chi connectivity index (χ2v) is 4.32. The van der Waals surface area contributed by atoms with Crippen molar-refractivity contribution in [2.75, 3.05) is 12.3 Å². The molecule has 2 rings (SSSR count). The predicted molar refractivity (Wildman–Crippen MR) is 62.8 cm³/mol. The zero-order chi connectivity index (χ0) is 13.1. The van der Waals surface area contributed by atoms with Crippen molar-refractivity contribution in [1.29, 1.82) is 0 Å². The summed E-state index contributed by atoms with van der Waals surface area (Å²) < 4.78 is 25.0. The molecule has 0 spiro atoms. The molecule has 3 N–H and O–H groups in total. The summed E-state index contributed by atoms with van der Waals surface area (Å²) in [5, 5.41) is 0. The van der Waals surface area contributed by atoms with E-state index in [-0.39, 0.29) is 18.8 Å². The zero-order valence-corrected chi connectivity index (χ0v) is 10.3. The molecule has 0 amide bonds. The van der Waals surface area contributed by atoms with Crippen LogP contribution in [0.4, 0.5) is 10.2 Å². The van der Waals surface area contributed by atoms with E-state index in [0.717, 1.165) is 4.57 Å². The summed E-state index contributed by atoms with van der Waals surface area (Å²) in [6.07, 6.45) is -1.40. The highest BCUT2D eigenvalue weighted by molar-refractivity contribution is 7.24. The number of anilines is 1. The van der Waals surface area contributed by atoms with Gasteiger partial charge in [0.15, 0.2) is 15.3 Å². The van der Waals surface area contributed by atoms with Crippen LogP contribution in [0.5, 0.6) is 0 Å². The number of aromatic nitrogens is 2. The molecule has 1 aliphatic heterocycles. The largest absolute Gasteiger partial charge is 0.383 e. The minimum atomic E-state index is -1.33. The maximum atomic E-state index is 13.8. The summed E-state index contributed by atoms with van der Waals surface area (Å²) in [7, 11) is -0.669. The van der Waals surface area contributed by atoms with Crippen LogP contribution in [-0.2, 0) is 9.26 Å². The number of alkyl halides is 1. The molecule has 1 aromatic rings. The van der Waals surface area contributed by atoms with Gasteiger partial charge in [-0.25, -0.2) is 9.18 Å². The van der Waals surface area contributed by atoms with Gasteiger partial charge in [-0.15, -0.1) is 0 Å². The summed E-state index contributed by atoms with van der Waals surface area (Å²) >= 11 is 0. The van der Waals surface area contributed by atoms with Crippen LogP contribution in [0.3, 0.4) is 0 Å². The smallest absolute Gasteiger partial charge is 0.351 e. The molecule has 1 fully saturated rings. The summed E-state index contributed by atoms with van der Waals surface area (Å²) in [6.45, 7) is 0.0863. The third-order valence-electron chi connectivity index (χ3n) is 2.59. The Bertz CT molecular complexity index is 471. The summed E-state index contributed by atoms with van der Waals surface area (Å²) in [5.41, 5.74) is 4.69. The van der Waals surface area contributed by atoms with Gasteiger partial charge >= 0.3 is 5.69 Å². The molecular formula is C9H13FN3O4P. The molecule has 4 atom stereocenters. The van der Waals surface area contributed by atoms with Crippen LogP contribution in [0.1, 0.15) is 12.6 Å². The third kappa shape index (κ3) is 2.84. The van der Waals surface area contributed by atoms with Gasteiger partial charge in [-0.2, -0.15) is 4.98 Å². The number of ether oxygens (including phenoxy) is 1. The van der Waals surface area contributed by atoms with Gasteiger partial charge in [0.2, 0.25) is 0 Å². The van der Waals surface area contributed by atoms with Crippen molar-refractivity contribution < 1.29 is 18.5 Å². The van der Waals surface area contributed by atoms with Crippen LogP contribution in [0.25, 0.3) is 0 Å². The first-order valence-corrected chi connectivity index (χ1v) is 6.12. The van der Waals surface area contributed by atoms with Crippen LogP contribution < -0.4 is 11.4 Å². The Labute approximate surface area is 104 Å². The summed E-state index contributed by atoms with van der Waals surface area (Å²) in [4.78, 5) is 23.6. The average Bonchev–Trinajstić information content (AvgIpc) is 2.68. The summed E-state index contributed by atoms with van der Waals surface area (Å²) in [5.74, 6) is 0.0750. The topological polar surface area (TPSA) is 99.6 Å². The molecule has 1 aliphatic rings. The van der Waals surface area contributed by atoms with Crippen LogP contribution in [0, 0.1) is 0 Å². The second kappa shape index (κ2) is 5.71. The quantitative estimate of drug-likeness (QED) is 0.750. The van der Waals surface area contributed by atoms with Gasteiger partial charge in [0, 0.05) is 12.6 Å². The lowest BCUT2D eigenvalue weighted by Crippen LogP contribution is -2.30. The molecule has 0 bridgehead atoms. The van der Waals surface area contributed by atoms with Crippen LogP contribution >= 0.6 is 9.03 Å². The lowest BCUT2D eigenvalue weighted by Gasteiger charge is -2.16. The van der Waals surface area contributed by atoms with E-state index in [9.17, 15) is 9.18 Å². The molecular weight excluding hydrogens is 264 g/mol. The van der Waals surface area contributed by atoms with Gasteiger partial charge in [-0.05, 0) is 6.07 Å². The van der Waals surface area contributed by atoms with Gasteiger partial charge in [0.25, 0.3) is 0 Å². The molecule has 1 aromatic heterocycles. The van der Waals surface area contributed by atoms with Crippen molar-refractivity contribution in [2.45, 2.75) is 24.9 Å². The number of hydrogen-bond donors (Lipinski definition) is 2. The first-order chi connectivity index (χ1) is 8.61. The van der Waals surface area contributed by atoms with E-state index in [1.807, 2.05) is 0 Å². The highest BCUT2D eigenvalue weighted by atomic mass is 31.1. The minimum absolute atomic E-state index is 0.0750. The van der Waals surface area contributed by atoms with Crippen molar-refractivity contribution >= 4 is 14.9 Å². The number of rotatable bonds is 4. The Kier molecular flexibility index (Phi) is 4.23. The first-order valence-electron chi connectivity index (χ1n) is 5.27. The highest BCUT2D eigenvalue weighted by Crippen LogP contribution is 2.31. The van der Waals surface area contributed by atoms with E-state index in [1.165, 1.54) is 12.3 Å².